The van der Waals surface area contributed by atoms with Gasteiger partial charge in [-0.1, -0.05) is 48.3 Å². The SMILES string of the molecule is CC(C)(C)c1nnc(-c2cc(Cl)cc(Br)c2)o1. The highest BCUT2D eigenvalue weighted by atomic mass is 79.9. The molecule has 0 bridgehead atoms. The van der Waals surface area contributed by atoms with Crippen molar-refractivity contribution >= 4 is 27.5 Å². The monoisotopic (exact) mass is 314 g/mol. The van der Waals surface area contributed by atoms with Crippen molar-refractivity contribution in [2.45, 2.75) is 26.2 Å². The second-order valence-corrected chi connectivity index (χ2v) is 6.17. The van der Waals surface area contributed by atoms with Crippen LogP contribution in [0.4, 0.5) is 0 Å². The second-order valence-electron chi connectivity index (χ2n) is 4.82. The van der Waals surface area contributed by atoms with Crippen molar-refractivity contribution in [2.24, 2.45) is 0 Å². The van der Waals surface area contributed by atoms with E-state index in [-0.39, 0.29) is 5.41 Å². The van der Waals surface area contributed by atoms with E-state index in [1.165, 1.54) is 0 Å². The molecule has 0 aliphatic heterocycles. The largest absolute Gasteiger partial charge is 0.420 e. The number of hydrogen-bond donors (Lipinski definition) is 0. The zero-order chi connectivity index (χ0) is 12.6. The normalized spacial score (nSPS) is 11.8. The van der Waals surface area contributed by atoms with Crippen LogP contribution in [0.3, 0.4) is 0 Å². The molecule has 2 aromatic rings. The minimum Gasteiger partial charge on any atom is -0.420 e. The third kappa shape index (κ3) is 2.87. The molecule has 0 aliphatic carbocycles. The number of benzene rings is 1. The van der Waals surface area contributed by atoms with Crippen LogP contribution < -0.4 is 0 Å². The van der Waals surface area contributed by atoms with E-state index in [1.54, 1.807) is 6.07 Å². The summed E-state index contributed by atoms with van der Waals surface area (Å²) in [6, 6.07) is 5.50. The van der Waals surface area contributed by atoms with E-state index in [0.717, 1.165) is 10.0 Å². The Morgan fingerprint density at radius 2 is 1.88 bits per heavy atom. The van der Waals surface area contributed by atoms with Gasteiger partial charge in [-0.2, -0.15) is 0 Å². The molecule has 0 fully saturated rings. The van der Waals surface area contributed by atoms with E-state index in [2.05, 4.69) is 26.1 Å². The smallest absolute Gasteiger partial charge is 0.247 e. The highest BCUT2D eigenvalue weighted by molar-refractivity contribution is 9.10. The number of aromatic nitrogens is 2. The van der Waals surface area contributed by atoms with Gasteiger partial charge in [-0.25, -0.2) is 0 Å². The lowest BCUT2D eigenvalue weighted by atomic mass is 9.97. The molecule has 0 atom stereocenters. The van der Waals surface area contributed by atoms with Crippen LogP contribution in [0, 0.1) is 0 Å². The highest BCUT2D eigenvalue weighted by Crippen LogP contribution is 2.29. The zero-order valence-corrected chi connectivity index (χ0v) is 12.1. The Hall–Kier alpha value is -0.870. The van der Waals surface area contributed by atoms with Crippen LogP contribution in [0.15, 0.2) is 27.1 Å². The number of rotatable bonds is 1. The number of halogens is 2. The molecule has 17 heavy (non-hydrogen) atoms. The quantitative estimate of drug-likeness (QED) is 0.780. The molecule has 0 aliphatic rings. The van der Waals surface area contributed by atoms with Crippen LogP contribution in [-0.2, 0) is 5.41 Å². The molecule has 0 unspecified atom stereocenters. The third-order valence-electron chi connectivity index (χ3n) is 2.18. The van der Waals surface area contributed by atoms with Gasteiger partial charge in [0.05, 0.1) is 0 Å². The molecule has 1 aromatic carbocycles. The van der Waals surface area contributed by atoms with E-state index in [1.807, 2.05) is 32.9 Å². The number of hydrogen-bond acceptors (Lipinski definition) is 3. The summed E-state index contributed by atoms with van der Waals surface area (Å²) in [7, 11) is 0. The van der Waals surface area contributed by atoms with Crippen molar-refractivity contribution in [3.63, 3.8) is 0 Å². The van der Waals surface area contributed by atoms with Crippen LogP contribution in [0.1, 0.15) is 26.7 Å². The van der Waals surface area contributed by atoms with Gasteiger partial charge < -0.3 is 4.42 Å². The first kappa shape index (κ1) is 12.6. The van der Waals surface area contributed by atoms with Gasteiger partial charge in [-0.15, -0.1) is 10.2 Å². The molecule has 0 radical (unpaired) electrons. The Morgan fingerprint density at radius 3 is 2.41 bits per heavy atom. The maximum atomic E-state index is 5.98. The fourth-order valence-corrected chi connectivity index (χ4v) is 2.18. The maximum Gasteiger partial charge on any atom is 0.247 e. The summed E-state index contributed by atoms with van der Waals surface area (Å²) in [6.07, 6.45) is 0. The zero-order valence-electron chi connectivity index (χ0n) is 9.79. The summed E-state index contributed by atoms with van der Waals surface area (Å²) in [6.45, 7) is 6.08. The molecule has 5 heteroatoms. The van der Waals surface area contributed by atoms with Crippen molar-refractivity contribution in [2.75, 3.05) is 0 Å². The molecule has 2 rings (SSSR count). The van der Waals surface area contributed by atoms with Gasteiger partial charge in [0.15, 0.2) is 0 Å². The Balaban J connectivity index is 2.44. The van der Waals surface area contributed by atoms with E-state index < -0.39 is 0 Å². The first-order valence-corrected chi connectivity index (χ1v) is 6.34. The summed E-state index contributed by atoms with van der Waals surface area (Å²) in [5.74, 6) is 1.10. The fraction of sp³-hybridized carbons (Fsp3) is 0.333. The molecule has 1 aromatic heterocycles. The van der Waals surface area contributed by atoms with Crippen LogP contribution in [0.2, 0.25) is 5.02 Å². The molecule has 3 nitrogen and oxygen atoms in total. The van der Waals surface area contributed by atoms with Crippen LogP contribution >= 0.6 is 27.5 Å². The first-order chi connectivity index (χ1) is 7.86. The summed E-state index contributed by atoms with van der Waals surface area (Å²) in [5.41, 5.74) is 0.661. The van der Waals surface area contributed by atoms with Gasteiger partial charge >= 0.3 is 0 Å². The molecule has 0 saturated heterocycles. The van der Waals surface area contributed by atoms with Gasteiger partial charge in [0.25, 0.3) is 0 Å². The van der Waals surface area contributed by atoms with E-state index in [4.69, 9.17) is 16.0 Å². The summed E-state index contributed by atoms with van der Waals surface area (Å²) in [5, 5.41) is 8.72. The van der Waals surface area contributed by atoms with Gasteiger partial charge in [-0.3, -0.25) is 0 Å². The van der Waals surface area contributed by atoms with E-state index in [0.29, 0.717) is 16.8 Å². The van der Waals surface area contributed by atoms with Gasteiger partial charge in [0.1, 0.15) is 0 Å². The summed E-state index contributed by atoms with van der Waals surface area (Å²) in [4.78, 5) is 0. The van der Waals surface area contributed by atoms with Crippen molar-refractivity contribution in [1.29, 1.82) is 0 Å². The molecule has 90 valence electrons. The lowest BCUT2D eigenvalue weighted by molar-refractivity contribution is 0.399. The first-order valence-electron chi connectivity index (χ1n) is 5.17. The molecular formula is C12H12BrClN2O. The third-order valence-corrected chi connectivity index (χ3v) is 2.85. The topological polar surface area (TPSA) is 38.9 Å². The Morgan fingerprint density at radius 1 is 1.18 bits per heavy atom. The van der Waals surface area contributed by atoms with Crippen LogP contribution in [-0.4, -0.2) is 10.2 Å². The van der Waals surface area contributed by atoms with E-state index in [9.17, 15) is 0 Å². The molecular weight excluding hydrogens is 304 g/mol. The molecule has 0 saturated carbocycles. The summed E-state index contributed by atoms with van der Waals surface area (Å²) >= 11 is 9.36. The van der Waals surface area contributed by atoms with Crippen LogP contribution in [0.5, 0.6) is 0 Å². The predicted molar refractivity (Wildman–Crippen MR) is 71.1 cm³/mol. The maximum absolute atomic E-state index is 5.98. The summed E-state index contributed by atoms with van der Waals surface area (Å²) < 4.78 is 6.53. The molecule has 0 amide bonds. The van der Waals surface area contributed by atoms with Crippen molar-refractivity contribution < 1.29 is 4.42 Å². The number of nitrogens with zero attached hydrogens (tertiary/aromatic N) is 2. The van der Waals surface area contributed by atoms with Crippen LogP contribution in [0.25, 0.3) is 11.5 Å². The Kier molecular flexibility index (Phi) is 3.27. The standard InChI is InChI=1S/C12H12BrClN2O/c1-12(2,3)11-16-15-10(17-11)7-4-8(13)6-9(14)5-7/h4-6H,1-3H3. The van der Waals surface area contributed by atoms with Crippen molar-refractivity contribution in [3.05, 3.63) is 33.6 Å². The van der Waals surface area contributed by atoms with Gasteiger partial charge in [0, 0.05) is 20.5 Å². The lowest BCUT2D eigenvalue weighted by Gasteiger charge is -2.10. The molecule has 1 heterocycles. The average molecular weight is 316 g/mol. The Labute approximate surface area is 113 Å². The predicted octanol–water partition coefficient (Wildman–Crippen LogP) is 4.45. The van der Waals surface area contributed by atoms with Gasteiger partial charge in [-0.05, 0) is 18.2 Å². The van der Waals surface area contributed by atoms with Gasteiger partial charge in [0.2, 0.25) is 11.8 Å². The Bertz CT molecular complexity index is 525. The second kappa shape index (κ2) is 4.42. The average Bonchev–Trinajstić information content (AvgIpc) is 2.63. The van der Waals surface area contributed by atoms with Crippen molar-refractivity contribution in [3.8, 4) is 11.5 Å². The molecule has 0 N–H and O–H groups in total. The lowest BCUT2D eigenvalue weighted by Crippen LogP contribution is -2.11. The van der Waals surface area contributed by atoms with Crippen molar-refractivity contribution in [1.82, 2.24) is 10.2 Å². The minimum absolute atomic E-state index is 0.152. The van der Waals surface area contributed by atoms with E-state index >= 15 is 0 Å². The fourth-order valence-electron chi connectivity index (χ4n) is 1.32. The highest BCUT2D eigenvalue weighted by Gasteiger charge is 2.22. The molecule has 0 spiro atoms. The minimum atomic E-state index is -0.152.